The van der Waals surface area contributed by atoms with Crippen molar-refractivity contribution in [3.8, 4) is 11.5 Å². The molecule has 156 valence electrons. The summed E-state index contributed by atoms with van der Waals surface area (Å²) < 4.78 is 11.8. The van der Waals surface area contributed by atoms with Gasteiger partial charge in [-0.1, -0.05) is 60.1 Å². The highest BCUT2D eigenvalue weighted by atomic mass is 35.5. The monoisotopic (exact) mass is 421 g/mol. The van der Waals surface area contributed by atoms with Gasteiger partial charge in [-0.2, -0.15) is 0 Å². The maximum atomic E-state index is 6.40. The Morgan fingerprint density at radius 3 is 2.63 bits per heavy atom. The lowest BCUT2D eigenvalue weighted by atomic mass is 9.87. The molecule has 30 heavy (non-hydrogen) atoms. The van der Waals surface area contributed by atoms with Gasteiger partial charge < -0.3 is 14.4 Å². The molecule has 2 atom stereocenters. The first-order valence-corrected chi connectivity index (χ1v) is 10.8. The van der Waals surface area contributed by atoms with E-state index in [1.54, 1.807) is 7.11 Å². The van der Waals surface area contributed by atoms with Crippen LogP contribution < -0.4 is 9.47 Å². The van der Waals surface area contributed by atoms with Gasteiger partial charge in [-0.25, -0.2) is 0 Å². The highest BCUT2D eigenvalue weighted by molar-refractivity contribution is 6.30. The maximum absolute atomic E-state index is 6.40. The Morgan fingerprint density at radius 1 is 1.03 bits per heavy atom. The number of likely N-dealkylation sites (N-methyl/N-ethyl adjacent to an activating group) is 1. The molecule has 1 aliphatic rings. The standard InChI is InChI=1S/C26H28ClNO2/c1-28(14-13-19-7-6-10-22(27)15-19)18-21-16-25(20-8-4-3-5-9-20)30-26-17-23(29-2)11-12-24(21)26/h3-12,15,17,21,25H,13-14,16,18H2,1-2H3. The van der Waals surface area contributed by atoms with E-state index in [4.69, 9.17) is 21.1 Å². The summed E-state index contributed by atoms with van der Waals surface area (Å²) >= 11 is 6.13. The Labute approximate surface area is 184 Å². The molecule has 0 bridgehead atoms. The molecule has 2 unspecified atom stereocenters. The van der Waals surface area contributed by atoms with E-state index in [2.05, 4.69) is 54.4 Å². The largest absolute Gasteiger partial charge is 0.497 e. The number of methoxy groups -OCH3 is 1. The van der Waals surface area contributed by atoms with Crippen molar-refractivity contribution in [3.63, 3.8) is 0 Å². The molecule has 4 rings (SSSR count). The molecule has 3 aromatic rings. The zero-order valence-corrected chi connectivity index (χ0v) is 18.3. The smallest absolute Gasteiger partial charge is 0.127 e. The molecule has 0 saturated heterocycles. The average molecular weight is 422 g/mol. The summed E-state index contributed by atoms with van der Waals surface area (Å²) in [5.74, 6) is 2.16. The van der Waals surface area contributed by atoms with Crippen LogP contribution in [0.4, 0.5) is 0 Å². The summed E-state index contributed by atoms with van der Waals surface area (Å²) in [6.45, 7) is 1.96. The topological polar surface area (TPSA) is 21.7 Å². The predicted molar refractivity (Wildman–Crippen MR) is 123 cm³/mol. The van der Waals surface area contributed by atoms with E-state index >= 15 is 0 Å². The van der Waals surface area contributed by atoms with Gasteiger partial charge >= 0.3 is 0 Å². The van der Waals surface area contributed by atoms with Crippen LogP contribution in [0.25, 0.3) is 0 Å². The fourth-order valence-corrected chi connectivity index (χ4v) is 4.41. The zero-order valence-electron chi connectivity index (χ0n) is 17.6. The third-order valence-electron chi connectivity index (χ3n) is 5.80. The second-order valence-electron chi connectivity index (χ2n) is 8.00. The molecule has 0 saturated carbocycles. The van der Waals surface area contributed by atoms with Gasteiger partial charge in [-0.15, -0.1) is 0 Å². The van der Waals surface area contributed by atoms with Crippen molar-refractivity contribution >= 4 is 11.6 Å². The van der Waals surface area contributed by atoms with E-state index in [0.29, 0.717) is 5.92 Å². The van der Waals surface area contributed by atoms with E-state index in [9.17, 15) is 0 Å². The molecule has 0 aliphatic carbocycles. The second-order valence-corrected chi connectivity index (χ2v) is 8.43. The molecule has 0 radical (unpaired) electrons. The molecule has 1 heterocycles. The minimum atomic E-state index is 0.0529. The fourth-order valence-electron chi connectivity index (χ4n) is 4.19. The van der Waals surface area contributed by atoms with Crippen LogP contribution in [0.15, 0.2) is 72.8 Å². The van der Waals surface area contributed by atoms with Gasteiger partial charge in [0, 0.05) is 30.1 Å². The normalized spacial score (nSPS) is 18.0. The van der Waals surface area contributed by atoms with Crippen molar-refractivity contribution in [1.82, 2.24) is 4.90 Å². The van der Waals surface area contributed by atoms with E-state index in [1.165, 1.54) is 16.7 Å². The number of benzene rings is 3. The van der Waals surface area contributed by atoms with Crippen LogP contribution in [0.5, 0.6) is 11.5 Å². The minimum absolute atomic E-state index is 0.0529. The molecule has 1 aliphatic heterocycles. The Morgan fingerprint density at radius 2 is 1.87 bits per heavy atom. The third-order valence-corrected chi connectivity index (χ3v) is 6.04. The lowest BCUT2D eigenvalue weighted by molar-refractivity contribution is 0.146. The van der Waals surface area contributed by atoms with Crippen molar-refractivity contribution in [2.24, 2.45) is 0 Å². The molecule has 0 amide bonds. The van der Waals surface area contributed by atoms with Gasteiger partial charge in [0.15, 0.2) is 0 Å². The summed E-state index contributed by atoms with van der Waals surface area (Å²) in [6.07, 6.45) is 2.00. The van der Waals surface area contributed by atoms with E-state index in [0.717, 1.165) is 42.5 Å². The molecule has 4 heteroatoms. The average Bonchev–Trinajstić information content (AvgIpc) is 2.78. The van der Waals surface area contributed by atoms with Crippen LogP contribution in [0, 0.1) is 0 Å². The van der Waals surface area contributed by atoms with Crippen LogP contribution in [0.1, 0.15) is 35.1 Å². The number of rotatable bonds is 7. The van der Waals surface area contributed by atoms with Crippen molar-refractivity contribution in [2.75, 3.05) is 27.2 Å². The molecular formula is C26H28ClNO2. The van der Waals surface area contributed by atoms with Gasteiger partial charge in [0.05, 0.1) is 7.11 Å². The number of hydrogen-bond donors (Lipinski definition) is 0. The fraction of sp³-hybridized carbons (Fsp3) is 0.308. The van der Waals surface area contributed by atoms with Gasteiger partial charge in [0.1, 0.15) is 17.6 Å². The maximum Gasteiger partial charge on any atom is 0.127 e. The Hall–Kier alpha value is -2.49. The van der Waals surface area contributed by atoms with Crippen LogP contribution >= 0.6 is 11.6 Å². The summed E-state index contributed by atoms with van der Waals surface area (Å²) in [6, 6.07) is 24.8. The van der Waals surface area contributed by atoms with E-state index in [1.807, 2.05) is 30.3 Å². The number of ether oxygens (including phenoxy) is 2. The molecule has 3 nitrogen and oxygen atoms in total. The van der Waals surface area contributed by atoms with Crippen LogP contribution in [-0.4, -0.2) is 32.1 Å². The molecule has 0 aromatic heterocycles. The molecule has 0 N–H and O–H groups in total. The van der Waals surface area contributed by atoms with E-state index in [-0.39, 0.29) is 6.10 Å². The Bertz CT molecular complexity index is 976. The predicted octanol–water partition coefficient (Wildman–Crippen LogP) is 6.13. The van der Waals surface area contributed by atoms with E-state index < -0.39 is 0 Å². The third kappa shape index (κ3) is 4.97. The van der Waals surface area contributed by atoms with Crippen LogP contribution in [0.2, 0.25) is 5.02 Å². The van der Waals surface area contributed by atoms with Gasteiger partial charge in [0.25, 0.3) is 0 Å². The van der Waals surface area contributed by atoms with Crippen molar-refractivity contribution in [3.05, 3.63) is 94.5 Å². The molecule has 0 fully saturated rings. The second kappa shape index (κ2) is 9.55. The highest BCUT2D eigenvalue weighted by Gasteiger charge is 2.30. The molecular weight excluding hydrogens is 394 g/mol. The van der Waals surface area contributed by atoms with Crippen molar-refractivity contribution in [2.45, 2.75) is 24.9 Å². The first-order valence-electron chi connectivity index (χ1n) is 10.4. The number of fused-ring (bicyclic) bond motifs is 1. The van der Waals surface area contributed by atoms with Gasteiger partial charge in [0.2, 0.25) is 0 Å². The number of halogens is 1. The molecule has 3 aromatic carbocycles. The number of nitrogens with zero attached hydrogens (tertiary/aromatic N) is 1. The highest BCUT2D eigenvalue weighted by Crippen LogP contribution is 2.43. The SMILES string of the molecule is COc1ccc2c(c1)OC(c1ccccc1)CC2CN(C)CCc1cccc(Cl)c1. The van der Waals surface area contributed by atoms with Gasteiger partial charge in [-0.05, 0) is 54.8 Å². The summed E-state index contributed by atoms with van der Waals surface area (Å²) in [4.78, 5) is 2.41. The quantitative estimate of drug-likeness (QED) is 0.458. The Balaban J connectivity index is 1.50. The summed E-state index contributed by atoms with van der Waals surface area (Å²) in [5, 5.41) is 0.799. The minimum Gasteiger partial charge on any atom is -0.497 e. The number of hydrogen-bond acceptors (Lipinski definition) is 3. The summed E-state index contributed by atoms with van der Waals surface area (Å²) in [5.41, 5.74) is 3.75. The van der Waals surface area contributed by atoms with Crippen LogP contribution in [-0.2, 0) is 6.42 Å². The lowest BCUT2D eigenvalue weighted by Gasteiger charge is -2.35. The zero-order chi connectivity index (χ0) is 20.9. The lowest BCUT2D eigenvalue weighted by Crippen LogP contribution is -2.30. The Kier molecular flexibility index (Phi) is 6.61. The van der Waals surface area contributed by atoms with Gasteiger partial charge in [-0.3, -0.25) is 0 Å². The summed E-state index contributed by atoms with van der Waals surface area (Å²) in [7, 11) is 3.89. The van der Waals surface area contributed by atoms with Crippen molar-refractivity contribution in [1.29, 1.82) is 0 Å². The van der Waals surface area contributed by atoms with Crippen molar-refractivity contribution < 1.29 is 9.47 Å². The first-order chi connectivity index (χ1) is 14.6. The first kappa shape index (κ1) is 20.8. The van der Waals surface area contributed by atoms with Crippen LogP contribution in [0.3, 0.4) is 0 Å². The molecule has 0 spiro atoms.